The average molecular weight is 467 g/mol. The molecule has 1 aromatic carbocycles. The lowest BCUT2D eigenvalue weighted by Crippen LogP contribution is -2.54. The van der Waals surface area contributed by atoms with Gasteiger partial charge in [-0.15, -0.1) is 0 Å². The molecule has 0 saturated carbocycles. The summed E-state index contributed by atoms with van der Waals surface area (Å²) in [6.45, 7) is 4.37. The lowest BCUT2D eigenvalue weighted by molar-refractivity contribution is -0.151. The zero-order valence-electron chi connectivity index (χ0n) is 17.3. The van der Waals surface area contributed by atoms with Gasteiger partial charge in [0.15, 0.2) is 0 Å². The Labute approximate surface area is 181 Å². The predicted molar refractivity (Wildman–Crippen MR) is 115 cm³/mol. The van der Waals surface area contributed by atoms with E-state index in [0.29, 0.717) is 16.9 Å². The van der Waals surface area contributed by atoms with Gasteiger partial charge < -0.3 is 14.7 Å². The van der Waals surface area contributed by atoms with Gasteiger partial charge in [0, 0.05) is 25.0 Å². The zero-order chi connectivity index (χ0) is 21.0. The number of benzene rings is 1. The van der Waals surface area contributed by atoms with Crippen molar-refractivity contribution in [3.05, 3.63) is 28.2 Å². The van der Waals surface area contributed by atoms with Crippen molar-refractivity contribution in [3.8, 4) is 5.75 Å². The molecule has 2 aliphatic heterocycles. The van der Waals surface area contributed by atoms with Crippen LogP contribution in [0.2, 0.25) is 0 Å². The second kappa shape index (κ2) is 9.94. The molecule has 2 heterocycles. The Hall–Kier alpha value is -1.60. The molecule has 29 heavy (non-hydrogen) atoms. The number of phenolic OH excluding ortho intramolecular Hbond substituents is 1. The maximum absolute atomic E-state index is 12.9. The van der Waals surface area contributed by atoms with Gasteiger partial charge >= 0.3 is 5.97 Å². The minimum atomic E-state index is -0.132. The highest BCUT2D eigenvalue weighted by molar-refractivity contribution is 9.10. The van der Waals surface area contributed by atoms with Gasteiger partial charge in [0.05, 0.1) is 11.6 Å². The standard InChI is InChI=1S/C22H31BrN2O4/c1-15(13-16-6-7-20(26)18(23)14-16)21(27)24-11-8-17(9-12-24)25-10-4-3-5-19(25)22(28)29-2/h6-7,14-15,17,19,26H,3-5,8-13H2,1-2H3/t15-,19+/m1/s1. The molecule has 7 heteroatoms. The van der Waals surface area contributed by atoms with Gasteiger partial charge in [-0.1, -0.05) is 19.4 Å². The normalized spacial score (nSPS) is 22.3. The van der Waals surface area contributed by atoms with Crippen molar-refractivity contribution in [2.75, 3.05) is 26.7 Å². The number of amides is 1. The van der Waals surface area contributed by atoms with Crippen molar-refractivity contribution in [1.82, 2.24) is 9.80 Å². The van der Waals surface area contributed by atoms with Crippen LogP contribution >= 0.6 is 15.9 Å². The smallest absolute Gasteiger partial charge is 0.323 e. The van der Waals surface area contributed by atoms with E-state index in [2.05, 4.69) is 20.8 Å². The summed E-state index contributed by atoms with van der Waals surface area (Å²) in [5, 5.41) is 9.64. The van der Waals surface area contributed by atoms with E-state index in [9.17, 15) is 14.7 Å². The fraction of sp³-hybridized carbons (Fsp3) is 0.636. The van der Waals surface area contributed by atoms with Gasteiger partial charge in [-0.2, -0.15) is 0 Å². The maximum atomic E-state index is 12.9. The molecule has 160 valence electrons. The number of nitrogens with zero attached hydrogens (tertiary/aromatic N) is 2. The first-order valence-electron chi connectivity index (χ1n) is 10.5. The molecule has 0 bridgehead atoms. The molecule has 0 aromatic heterocycles. The molecule has 6 nitrogen and oxygen atoms in total. The molecule has 2 fully saturated rings. The number of rotatable bonds is 5. The molecule has 2 aliphatic rings. The molecule has 0 aliphatic carbocycles. The molecule has 1 amide bonds. The van der Waals surface area contributed by atoms with Crippen LogP contribution in [0.15, 0.2) is 22.7 Å². The molecule has 2 atom stereocenters. The lowest BCUT2D eigenvalue weighted by Gasteiger charge is -2.43. The topological polar surface area (TPSA) is 70.1 Å². The molecule has 0 spiro atoms. The summed E-state index contributed by atoms with van der Waals surface area (Å²) in [6, 6.07) is 5.59. The van der Waals surface area contributed by atoms with Gasteiger partial charge in [-0.25, -0.2) is 0 Å². The van der Waals surface area contributed by atoms with Crippen molar-refractivity contribution in [2.45, 2.75) is 57.5 Å². The van der Waals surface area contributed by atoms with Crippen LogP contribution in [-0.2, 0) is 20.7 Å². The van der Waals surface area contributed by atoms with E-state index in [1.54, 1.807) is 6.07 Å². The van der Waals surface area contributed by atoms with Gasteiger partial charge in [-0.3, -0.25) is 14.5 Å². The summed E-state index contributed by atoms with van der Waals surface area (Å²) in [6.07, 6.45) is 5.50. The maximum Gasteiger partial charge on any atom is 0.323 e. The van der Waals surface area contributed by atoms with Crippen LogP contribution in [-0.4, -0.2) is 65.6 Å². The molecule has 0 radical (unpaired) electrons. The van der Waals surface area contributed by atoms with Crippen LogP contribution in [0.1, 0.15) is 44.6 Å². The number of phenols is 1. The summed E-state index contributed by atoms with van der Waals surface area (Å²) >= 11 is 3.33. The number of ether oxygens (including phenoxy) is 1. The fourth-order valence-electron chi connectivity index (χ4n) is 4.63. The monoisotopic (exact) mass is 466 g/mol. The fourth-order valence-corrected chi connectivity index (χ4v) is 5.05. The SMILES string of the molecule is COC(=O)[C@@H]1CCCCN1C1CCN(C(=O)[C@H](C)Cc2ccc(O)c(Br)c2)CC1. The van der Waals surface area contributed by atoms with E-state index in [1.807, 2.05) is 24.0 Å². The third-order valence-corrected chi connectivity index (χ3v) is 6.87. The third kappa shape index (κ3) is 5.31. The van der Waals surface area contributed by atoms with Crippen molar-refractivity contribution in [2.24, 2.45) is 5.92 Å². The van der Waals surface area contributed by atoms with Crippen molar-refractivity contribution in [1.29, 1.82) is 0 Å². The van der Waals surface area contributed by atoms with Gasteiger partial charge in [-0.05, 0) is 72.3 Å². The Morgan fingerprint density at radius 3 is 2.59 bits per heavy atom. The van der Waals surface area contributed by atoms with E-state index in [-0.39, 0.29) is 29.6 Å². The van der Waals surface area contributed by atoms with Crippen LogP contribution < -0.4 is 0 Å². The Morgan fingerprint density at radius 2 is 1.93 bits per heavy atom. The quantitative estimate of drug-likeness (QED) is 0.673. The van der Waals surface area contributed by atoms with Crippen molar-refractivity contribution < 1.29 is 19.4 Å². The number of carbonyl (C=O) groups is 2. The number of hydrogen-bond donors (Lipinski definition) is 1. The van der Waals surface area contributed by atoms with Crippen molar-refractivity contribution in [3.63, 3.8) is 0 Å². The first-order chi connectivity index (χ1) is 13.9. The second-order valence-corrected chi connectivity index (χ2v) is 9.07. The van der Waals surface area contributed by atoms with E-state index in [0.717, 1.165) is 57.3 Å². The Kier molecular flexibility index (Phi) is 7.57. The highest BCUT2D eigenvalue weighted by Gasteiger charge is 2.36. The number of carbonyl (C=O) groups excluding carboxylic acids is 2. The van der Waals surface area contributed by atoms with Gasteiger partial charge in [0.2, 0.25) is 5.91 Å². The molecule has 3 rings (SSSR count). The molecule has 1 N–H and O–H groups in total. The second-order valence-electron chi connectivity index (χ2n) is 8.22. The van der Waals surface area contributed by atoms with Crippen LogP contribution in [0.5, 0.6) is 5.75 Å². The summed E-state index contributed by atoms with van der Waals surface area (Å²) in [4.78, 5) is 29.4. The molecule has 2 saturated heterocycles. The number of esters is 1. The largest absolute Gasteiger partial charge is 0.507 e. The van der Waals surface area contributed by atoms with Crippen LogP contribution in [0.3, 0.4) is 0 Å². The Balaban J connectivity index is 1.54. The lowest BCUT2D eigenvalue weighted by atomic mass is 9.93. The molecular formula is C22H31BrN2O4. The first-order valence-corrected chi connectivity index (χ1v) is 11.3. The number of piperidine rings is 2. The number of methoxy groups -OCH3 is 1. The van der Waals surface area contributed by atoms with Crippen LogP contribution in [0.4, 0.5) is 0 Å². The zero-order valence-corrected chi connectivity index (χ0v) is 18.9. The minimum absolute atomic E-state index is 0.110. The first kappa shape index (κ1) is 22.1. The molecule has 1 aromatic rings. The minimum Gasteiger partial charge on any atom is -0.507 e. The summed E-state index contributed by atoms with van der Waals surface area (Å²) in [7, 11) is 1.46. The van der Waals surface area contributed by atoms with E-state index in [4.69, 9.17) is 4.74 Å². The summed E-state index contributed by atoms with van der Waals surface area (Å²) < 4.78 is 5.66. The number of aromatic hydroxyl groups is 1. The highest BCUT2D eigenvalue weighted by Crippen LogP contribution is 2.28. The third-order valence-electron chi connectivity index (χ3n) is 6.24. The van der Waals surface area contributed by atoms with Gasteiger partial charge in [0.25, 0.3) is 0 Å². The van der Waals surface area contributed by atoms with Gasteiger partial charge in [0.1, 0.15) is 11.8 Å². The molecular weight excluding hydrogens is 436 g/mol. The predicted octanol–water partition coefficient (Wildman–Crippen LogP) is 3.35. The highest BCUT2D eigenvalue weighted by atomic mass is 79.9. The average Bonchev–Trinajstić information content (AvgIpc) is 2.75. The van der Waals surface area contributed by atoms with E-state index < -0.39 is 0 Å². The Morgan fingerprint density at radius 1 is 1.21 bits per heavy atom. The summed E-state index contributed by atoms with van der Waals surface area (Å²) in [5.41, 5.74) is 1.03. The number of likely N-dealkylation sites (tertiary alicyclic amines) is 2. The van der Waals surface area contributed by atoms with Crippen LogP contribution in [0.25, 0.3) is 0 Å². The number of hydrogen-bond acceptors (Lipinski definition) is 5. The van der Waals surface area contributed by atoms with Crippen LogP contribution in [0, 0.1) is 5.92 Å². The molecule has 0 unspecified atom stereocenters. The van der Waals surface area contributed by atoms with Crippen molar-refractivity contribution >= 4 is 27.8 Å². The van der Waals surface area contributed by atoms with E-state index in [1.165, 1.54) is 7.11 Å². The van der Waals surface area contributed by atoms with E-state index >= 15 is 0 Å². The Bertz CT molecular complexity index is 734. The number of halogens is 1. The summed E-state index contributed by atoms with van der Waals surface area (Å²) in [5.74, 6) is 0.145.